The van der Waals surface area contributed by atoms with Gasteiger partial charge in [0.15, 0.2) is 5.96 Å². The van der Waals surface area contributed by atoms with Crippen LogP contribution in [0.1, 0.15) is 34.1 Å². The molecule has 0 aliphatic heterocycles. The van der Waals surface area contributed by atoms with Gasteiger partial charge in [0.25, 0.3) is 0 Å². The van der Waals surface area contributed by atoms with E-state index in [4.69, 9.17) is 5.73 Å². The first kappa shape index (κ1) is 10.4. The molecule has 76 valence electrons. The van der Waals surface area contributed by atoms with Crippen LogP contribution < -0.4 is 11.1 Å². The fraction of sp³-hybridized carbons (Fsp3) is 0.900. The summed E-state index contributed by atoms with van der Waals surface area (Å²) in [6.07, 6.45) is 1.31. The molecule has 0 aromatic carbocycles. The van der Waals surface area contributed by atoms with Gasteiger partial charge in [0.05, 0.1) is 0 Å². The zero-order valence-corrected chi connectivity index (χ0v) is 9.09. The van der Waals surface area contributed by atoms with E-state index in [1.165, 1.54) is 6.42 Å². The summed E-state index contributed by atoms with van der Waals surface area (Å²) in [5, 5.41) is 3.14. The molecule has 0 amide bonds. The number of nitrogens with one attached hydrogen (secondary N) is 1. The monoisotopic (exact) mass is 183 g/mol. The second-order valence-electron chi connectivity index (χ2n) is 5.07. The van der Waals surface area contributed by atoms with E-state index in [0.717, 1.165) is 18.4 Å². The van der Waals surface area contributed by atoms with Gasteiger partial charge in [-0.1, -0.05) is 6.92 Å². The lowest BCUT2D eigenvalue weighted by Gasteiger charge is -2.20. The zero-order chi connectivity index (χ0) is 10.1. The highest BCUT2D eigenvalue weighted by molar-refractivity contribution is 5.78. The van der Waals surface area contributed by atoms with Crippen molar-refractivity contribution in [1.29, 1.82) is 0 Å². The van der Waals surface area contributed by atoms with Gasteiger partial charge in [0.1, 0.15) is 0 Å². The van der Waals surface area contributed by atoms with Crippen LogP contribution in [0.3, 0.4) is 0 Å². The van der Waals surface area contributed by atoms with Gasteiger partial charge >= 0.3 is 0 Å². The van der Waals surface area contributed by atoms with Gasteiger partial charge < -0.3 is 11.1 Å². The van der Waals surface area contributed by atoms with Crippen molar-refractivity contribution in [3.8, 4) is 0 Å². The molecular weight excluding hydrogens is 162 g/mol. The SMILES string of the molecule is CC1CC1CN=C(N)NC(C)(C)C. The van der Waals surface area contributed by atoms with Gasteiger partial charge in [-0.25, -0.2) is 0 Å². The molecule has 3 nitrogen and oxygen atoms in total. The van der Waals surface area contributed by atoms with Crippen LogP contribution in [-0.2, 0) is 0 Å². The summed E-state index contributed by atoms with van der Waals surface area (Å²) in [5.41, 5.74) is 5.74. The molecule has 0 radical (unpaired) electrons. The van der Waals surface area contributed by atoms with Crippen LogP contribution in [0.5, 0.6) is 0 Å². The number of nitrogens with zero attached hydrogens (tertiary/aromatic N) is 1. The van der Waals surface area contributed by atoms with Crippen LogP contribution in [-0.4, -0.2) is 18.0 Å². The first-order chi connectivity index (χ1) is 5.88. The van der Waals surface area contributed by atoms with Crippen LogP contribution in [0.15, 0.2) is 4.99 Å². The lowest BCUT2D eigenvalue weighted by atomic mass is 10.1. The fourth-order valence-corrected chi connectivity index (χ4v) is 1.29. The second kappa shape index (κ2) is 3.56. The molecule has 0 bridgehead atoms. The third kappa shape index (κ3) is 4.15. The molecule has 1 fully saturated rings. The minimum atomic E-state index is 0.0166. The van der Waals surface area contributed by atoms with Crippen molar-refractivity contribution in [2.24, 2.45) is 22.6 Å². The van der Waals surface area contributed by atoms with Gasteiger partial charge in [-0.3, -0.25) is 4.99 Å². The Labute approximate surface area is 80.8 Å². The molecular formula is C10H21N3. The normalized spacial score (nSPS) is 28.8. The molecule has 0 aromatic rings. The zero-order valence-electron chi connectivity index (χ0n) is 9.09. The quantitative estimate of drug-likeness (QED) is 0.501. The molecule has 2 unspecified atom stereocenters. The Bertz CT molecular complexity index is 203. The highest BCUT2D eigenvalue weighted by Crippen LogP contribution is 2.37. The first-order valence-corrected chi connectivity index (χ1v) is 4.96. The summed E-state index contributed by atoms with van der Waals surface area (Å²) < 4.78 is 0. The second-order valence-corrected chi connectivity index (χ2v) is 5.07. The maximum Gasteiger partial charge on any atom is 0.188 e. The Hall–Kier alpha value is -0.730. The van der Waals surface area contributed by atoms with Gasteiger partial charge in [-0.15, -0.1) is 0 Å². The maximum absolute atomic E-state index is 5.72. The van der Waals surface area contributed by atoms with E-state index >= 15 is 0 Å². The number of guanidine groups is 1. The lowest BCUT2D eigenvalue weighted by Crippen LogP contribution is -2.45. The van der Waals surface area contributed by atoms with Crippen LogP contribution in [0.25, 0.3) is 0 Å². The molecule has 0 spiro atoms. The van der Waals surface area contributed by atoms with Crippen molar-refractivity contribution in [1.82, 2.24) is 5.32 Å². The van der Waals surface area contributed by atoms with Crippen molar-refractivity contribution in [3.63, 3.8) is 0 Å². The van der Waals surface area contributed by atoms with Crippen molar-refractivity contribution < 1.29 is 0 Å². The summed E-state index contributed by atoms with van der Waals surface area (Å²) in [4.78, 5) is 4.31. The lowest BCUT2D eigenvalue weighted by molar-refractivity contribution is 0.507. The van der Waals surface area contributed by atoms with Gasteiger partial charge in [-0.05, 0) is 39.0 Å². The number of aliphatic imine (C=N–C) groups is 1. The molecule has 1 saturated carbocycles. The molecule has 3 N–H and O–H groups in total. The summed E-state index contributed by atoms with van der Waals surface area (Å²) in [6, 6.07) is 0. The van der Waals surface area contributed by atoms with Crippen LogP contribution in [0.4, 0.5) is 0 Å². The van der Waals surface area contributed by atoms with Crippen LogP contribution in [0.2, 0.25) is 0 Å². The topological polar surface area (TPSA) is 50.4 Å². The Morgan fingerprint density at radius 1 is 1.54 bits per heavy atom. The predicted octanol–water partition coefficient (Wildman–Crippen LogP) is 1.35. The molecule has 1 aliphatic carbocycles. The molecule has 13 heavy (non-hydrogen) atoms. The van der Waals surface area contributed by atoms with E-state index in [1.54, 1.807) is 0 Å². The average molecular weight is 183 g/mol. The molecule has 1 aliphatic rings. The Kier molecular flexibility index (Phi) is 2.84. The fourth-order valence-electron chi connectivity index (χ4n) is 1.29. The molecule has 0 saturated heterocycles. The highest BCUT2D eigenvalue weighted by atomic mass is 15.1. The van der Waals surface area contributed by atoms with Gasteiger partial charge in [0, 0.05) is 12.1 Å². The van der Waals surface area contributed by atoms with Crippen LogP contribution in [0, 0.1) is 11.8 Å². The third-order valence-corrected chi connectivity index (χ3v) is 2.28. The Morgan fingerprint density at radius 3 is 2.46 bits per heavy atom. The average Bonchev–Trinajstić information content (AvgIpc) is 2.58. The van der Waals surface area contributed by atoms with Crippen molar-refractivity contribution in [2.75, 3.05) is 6.54 Å². The maximum atomic E-state index is 5.72. The van der Waals surface area contributed by atoms with E-state index in [1.807, 2.05) is 0 Å². The van der Waals surface area contributed by atoms with Crippen LogP contribution >= 0.6 is 0 Å². The molecule has 0 heterocycles. The first-order valence-electron chi connectivity index (χ1n) is 4.96. The largest absolute Gasteiger partial charge is 0.370 e. The molecule has 3 heteroatoms. The summed E-state index contributed by atoms with van der Waals surface area (Å²) in [7, 11) is 0. The Morgan fingerprint density at radius 2 is 2.08 bits per heavy atom. The number of hydrogen-bond donors (Lipinski definition) is 2. The molecule has 2 atom stereocenters. The summed E-state index contributed by atoms with van der Waals surface area (Å²) in [5.74, 6) is 2.21. The van der Waals surface area contributed by atoms with E-state index in [0.29, 0.717) is 5.96 Å². The van der Waals surface area contributed by atoms with E-state index < -0.39 is 0 Å². The summed E-state index contributed by atoms with van der Waals surface area (Å²) in [6.45, 7) is 9.38. The van der Waals surface area contributed by atoms with E-state index in [2.05, 4.69) is 38.0 Å². The van der Waals surface area contributed by atoms with Crippen molar-refractivity contribution >= 4 is 5.96 Å². The number of nitrogens with two attached hydrogens (primary N) is 1. The van der Waals surface area contributed by atoms with Crippen molar-refractivity contribution in [2.45, 2.75) is 39.7 Å². The van der Waals surface area contributed by atoms with E-state index in [-0.39, 0.29) is 5.54 Å². The van der Waals surface area contributed by atoms with Gasteiger partial charge in [-0.2, -0.15) is 0 Å². The number of rotatable bonds is 2. The minimum Gasteiger partial charge on any atom is -0.370 e. The van der Waals surface area contributed by atoms with Crippen molar-refractivity contribution in [3.05, 3.63) is 0 Å². The van der Waals surface area contributed by atoms with E-state index in [9.17, 15) is 0 Å². The third-order valence-electron chi connectivity index (χ3n) is 2.28. The summed E-state index contributed by atoms with van der Waals surface area (Å²) >= 11 is 0. The predicted molar refractivity (Wildman–Crippen MR) is 56.6 cm³/mol. The standard InChI is InChI=1S/C10H21N3/c1-7-5-8(7)6-12-9(11)13-10(2,3)4/h7-8H,5-6H2,1-4H3,(H3,11,12,13). The van der Waals surface area contributed by atoms with Gasteiger partial charge in [0.2, 0.25) is 0 Å². The Balaban J connectivity index is 2.26. The molecule has 0 aromatic heterocycles. The molecule has 1 rings (SSSR count). The minimum absolute atomic E-state index is 0.0166. The number of hydrogen-bond acceptors (Lipinski definition) is 1. The highest BCUT2D eigenvalue weighted by Gasteiger charge is 2.31. The smallest absolute Gasteiger partial charge is 0.188 e.